The van der Waals surface area contributed by atoms with E-state index in [0.29, 0.717) is 27.6 Å². The normalized spacial score (nSPS) is 15.0. The lowest BCUT2D eigenvalue weighted by molar-refractivity contribution is 0.0930. The molecule has 0 atom stereocenters. The predicted octanol–water partition coefficient (Wildman–Crippen LogP) is 4.87. The Labute approximate surface area is 179 Å². The van der Waals surface area contributed by atoms with Crippen LogP contribution >= 0.6 is 11.6 Å². The van der Waals surface area contributed by atoms with E-state index in [1.54, 1.807) is 16.7 Å². The number of halogens is 1. The van der Waals surface area contributed by atoms with Gasteiger partial charge in [0.25, 0.3) is 5.91 Å². The molecule has 0 bridgehead atoms. The minimum Gasteiger partial charge on any atom is -0.384 e. The van der Waals surface area contributed by atoms with Crippen molar-refractivity contribution in [3.8, 4) is 5.69 Å². The Kier molecular flexibility index (Phi) is 4.79. The summed E-state index contributed by atoms with van der Waals surface area (Å²) in [5, 5.41) is 3.75. The summed E-state index contributed by atoms with van der Waals surface area (Å²) >= 11 is 6.22. The van der Waals surface area contributed by atoms with Gasteiger partial charge in [-0.1, -0.05) is 49.1 Å². The maximum Gasteiger partial charge on any atom is 0.257 e. The van der Waals surface area contributed by atoms with E-state index in [2.05, 4.69) is 5.32 Å². The number of amides is 1. The molecule has 152 valence electrons. The molecule has 2 aromatic heterocycles. The van der Waals surface area contributed by atoms with E-state index in [0.717, 1.165) is 42.4 Å². The number of nitrogens with one attached hydrogen (secondary N) is 1. The Morgan fingerprint density at radius 2 is 1.77 bits per heavy atom. The summed E-state index contributed by atoms with van der Waals surface area (Å²) < 4.78 is 1.76. The highest BCUT2D eigenvalue weighted by atomic mass is 35.5. The molecule has 0 aliphatic heterocycles. The zero-order valence-electron chi connectivity index (χ0n) is 16.4. The fourth-order valence-corrected chi connectivity index (χ4v) is 4.45. The molecule has 30 heavy (non-hydrogen) atoms. The third-order valence-electron chi connectivity index (χ3n) is 5.73. The molecular formula is C23H22ClN5O. The standard InChI is InChI=1S/C23H22ClN5O/c24-14-7-6-10-16(13-14)29-21(25)19(23(30)26-15-8-2-1-3-9-15)20-22(29)28-18-12-5-4-11-17(18)27-20/h4-7,10-13,15H,1-3,8-9,25H2,(H,26,30). The van der Waals surface area contributed by atoms with Gasteiger partial charge in [-0.25, -0.2) is 9.97 Å². The van der Waals surface area contributed by atoms with Crippen LogP contribution in [0.3, 0.4) is 0 Å². The molecule has 1 aliphatic carbocycles. The first kappa shape index (κ1) is 18.9. The van der Waals surface area contributed by atoms with E-state index in [1.165, 1.54) is 6.42 Å². The van der Waals surface area contributed by atoms with Gasteiger partial charge in [0.1, 0.15) is 16.9 Å². The summed E-state index contributed by atoms with van der Waals surface area (Å²) in [7, 11) is 0. The van der Waals surface area contributed by atoms with Gasteiger partial charge in [-0.05, 0) is 43.2 Å². The Bertz CT molecular complexity index is 1260. The fourth-order valence-electron chi connectivity index (χ4n) is 4.27. The topological polar surface area (TPSA) is 85.8 Å². The van der Waals surface area contributed by atoms with Crippen LogP contribution in [0.1, 0.15) is 42.5 Å². The predicted molar refractivity (Wildman–Crippen MR) is 120 cm³/mol. The molecule has 0 spiro atoms. The molecule has 5 rings (SSSR count). The number of anilines is 1. The van der Waals surface area contributed by atoms with Gasteiger partial charge in [0.15, 0.2) is 5.65 Å². The van der Waals surface area contributed by atoms with Gasteiger partial charge in [0, 0.05) is 11.1 Å². The number of hydrogen-bond acceptors (Lipinski definition) is 4. The van der Waals surface area contributed by atoms with Gasteiger partial charge in [-0.3, -0.25) is 9.36 Å². The molecule has 3 N–H and O–H groups in total. The van der Waals surface area contributed by atoms with Crippen molar-refractivity contribution in [2.24, 2.45) is 0 Å². The molecule has 0 radical (unpaired) electrons. The van der Waals surface area contributed by atoms with Crippen LogP contribution in [0.25, 0.3) is 27.9 Å². The summed E-state index contributed by atoms with van der Waals surface area (Å²) in [6.07, 6.45) is 5.48. The lowest BCUT2D eigenvalue weighted by Gasteiger charge is -2.22. The number of rotatable bonds is 3. The van der Waals surface area contributed by atoms with Crippen LogP contribution in [0, 0.1) is 0 Å². The van der Waals surface area contributed by atoms with Crippen molar-refractivity contribution in [2.75, 3.05) is 5.73 Å². The SMILES string of the molecule is Nc1c(C(=O)NC2CCCCC2)c2nc3ccccc3nc2n1-c1cccc(Cl)c1. The second-order valence-corrected chi connectivity index (χ2v) is 8.20. The van der Waals surface area contributed by atoms with Crippen molar-refractivity contribution in [1.29, 1.82) is 0 Å². The van der Waals surface area contributed by atoms with Crippen molar-refractivity contribution in [1.82, 2.24) is 19.9 Å². The third-order valence-corrected chi connectivity index (χ3v) is 5.97. The van der Waals surface area contributed by atoms with E-state index in [1.807, 2.05) is 36.4 Å². The van der Waals surface area contributed by atoms with Crippen LogP contribution in [-0.4, -0.2) is 26.5 Å². The van der Waals surface area contributed by atoms with Crippen molar-refractivity contribution in [2.45, 2.75) is 38.1 Å². The van der Waals surface area contributed by atoms with Gasteiger partial charge in [0.05, 0.1) is 16.7 Å². The quantitative estimate of drug-likeness (QED) is 0.496. The van der Waals surface area contributed by atoms with Gasteiger partial charge in [0.2, 0.25) is 0 Å². The lowest BCUT2D eigenvalue weighted by Crippen LogP contribution is -2.36. The molecule has 1 fully saturated rings. The summed E-state index contributed by atoms with van der Waals surface area (Å²) in [4.78, 5) is 22.9. The van der Waals surface area contributed by atoms with Crippen molar-refractivity contribution < 1.29 is 4.79 Å². The van der Waals surface area contributed by atoms with Crippen molar-refractivity contribution >= 4 is 45.5 Å². The fraction of sp³-hybridized carbons (Fsp3) is 0.261. The third kappa shape index (κ3) is 3.27. The second kappa shape index (κ2) is 7.61. The van der Waals surface area contributed by atoms with Crippen LogP contribution < -0.4 is 11.1 Å². The van der Waals surface area contributed by atoms with Gasteiger partial charge in [-0.2, -0.15) is 0 Å². The number of hydrogen-bond donors (Lipinski definition) is 2. The number of carbonyl (C=O) groups is 1. The second-order valence-electron chi connectivity index (χ2n) is 7.77. The number of benzene rings is 2. The highest BCUT2D eigenvalue weighted by Gasteiger charge is 2.26. The van der Waals surface area contributed by atoms with Crippen molar-refractivity contribution in [3.05, 3.63) is 59.1 Å². The zero-order valence-corrected chi connectivity index (χ0v) is 17.2. The van der Waals surface area contributed by atoms with Crippen LogP contribution in [-0.2, 0) is 0 Å². The molecule has 0 saturated heterocycles. The molecule has 7 heteroatoms. The van der Waals surface area contributed by atoms with Gasteiger partial charge in [-0.15, -0.1) is 0 Å². The molecule has 2 heterocycles. The number of carbonyl (C=O) groups excluding carboxylic acids is 1. The minimum atomic E-state index is -0.199. The average Bonchev–Trinajstić information content (AvgIpc) is 3.03. The first-order valence-corrected chi connectivity index (χ1v) is 10.6. The molecule has 4 aromatic rings. The van der Waals surface area contributed by atoms with Gasteiger partial charge < -0.3 is 11.1 Å². The van der Waals surface area contributed by atoms with E-state index >= 15 is 0 Å². The van der Waals surface area contributed by atoms with E-state index < -0.39 is 0 Å². The Morgan fingerprint density at radius 3 is 2.50 bits per heavy atom. The van der Waals surface area contributed by atoms with Gasteiger partial charge >= 0.3 is 0 Å². The van der Waals surface area contributed by atoms with E-state index in [4.69, 9.17) is 27.3 Å². The van der Waals surface area contributed by atoms with Crippen molar-refractivity contribution in [3.63, 3.8) is 0 Å². The number of nitrogens with zero attached hydrogens (tertiary/aromatic N) is 3. The molecule has 1 aliphatic rings. The molecule has 6 nitrogen and oxygen atoms in total. The number of nitrogen functional groups attached to an aromatic ring is 1. The van der Waals surface area contributed by atoms with E-state index in [-0.39, 0.29) is 11.9 Å². The minimum absolute atomic E-state index is 0.170. The Balaban J connectivity index is 1.71. The highest BCUT2D eigenvalue weighted by molar-refractivity contribution is 6.30. The Hall–Kier alpha value is -3.12. The molecule has 1 saturated carbocycles. The van der Waals surface area contributed by atoms with Crippen LogP contribution in [0.5, 0.6) is 0 Å². The molecular weight excluding hydrogens is 398 g/mol. The number of nitrogens with two attached hydrogens (primary N) is 1. The molecule has 2 aromatic carbocycles. The largest absolute Gasteiger partial charge is 0.384 e. The maximum absolute atomic E-state index is 13.3. The van der Waals surface area contributed by atoms with Crippen LogP contribution in [0.2, 0.25) is 5.02 Å². The molecule has 0 unspecified atom stereocenters. The van der Waals surface area contributed by atoms with E-state index in [9.17, 15) is 4.79 Å². The average molecular weight is 420 g/mol. The zero-order chi connectivity index (χ0) is 20.7. The number of para-hydroxylation sites is 2. The van der Waals surface area contributed by atoms with Crippen LogP contribution in [0.15, 0.2) is 48.5 Å². The van der Waals surface area contributed by atoms with Crippen LogP contribution in [0.4, 0.5) is 5.82 Å². The maximum atomic E-state index is 13.3. The number of fused-ring (bicyclic) bond motifs is 2. The highest BCUT2D eigenvalue weighted by Crippen LogP contribution is 2.32. The Morgan fingerprint density at radius 1 is 1.03 bits per heavy atom. The first-order valence-electron chi connectivity index (χ1n) is 10.3. The number of aromatic nitrogens is 3. The lowest BCUT2D eigenvalue weighted by atomic mass is 9.95. The first-order chi connectivity index (χ1) is 14.6. The summed E-state index contributed by atoms with van der Waals surface area (Å²) in [6, 6.07) is 15.1. The summed E-state index contributed by atoms with van der Waals surface area (Å²) in [5.41, 5.74) is 10.2. The summed E-state index contributed by atoms with van der Waals surface area (Å²) in [5.74, 6) is 0.116. The monoisotopic (exact) mass is 419 g/mol. The molecule has 1 amide bonds. The smallest absolute Gasteiger partial charge is 0.257 e. The summed E-state index contributed by atoms with van der Waals surface area (Å²) in [6.45, 7) is 0.